The number of halogens is 3. The van der Waals surface area contributed by atoms with E-state index >= 15 is 0 Å². The third kappa shape index (κ3) is 3.09. The fraction of sp³-hybridized carbons (Fsp3) is 0.545. The molecule has 20 heavy (non-hydrogen) atoms. The molecule has 0 bridgehead atoms. The normalized spacial score (nSPS) is 11.8. The Morgan fingerprint density at radius 1 is 1.30 bits per heavy atom. The Morgan fingerprint density at radius 3 is 2.65 bits per heavy atom. The van der Waals surface area contributed by atoms with Crippen LogP contribution in [0.15, 0.2) is 6.33 Å². The fourth-order valence-electron chi connectivity index (χ4n) is 1.84. The van der Waals surface area contributed by atoms with Crippen molar-refractivity contribution in [3.63, 3.8) is 0 Å². The number of rotatable bonds is 5. The Labute approximate surface area is 113 Å². The summed E-state index contributed by atoms with van der Waals surface area (Å²) in [6.45, 7) is 3.17. The van der Waals surface area contributed by atoms with Crippen LogP contribution in [0, 0.1) is 0 Å². The van der Waals surface area contributed by atoms with Gasteiger partial charge in [0.25, 0.3) is 0 Å². The van der Waals surface area contributed by atoms with E-state index in [9.17, 15) is 13.2 Å². The fourth-order valence-corrected chi connectivity index (χ4v) is 1.84. The summed E-state index contributed by atoms with van der Waals surface area (Å²) in [5.41, 5.74) is 0.740. The van der Waals surface area contributed by atoms with Crippen LogP contribution in [-0.2, 0) is 0 Å². The molecule has 6 nitrogen and oxygen atoms in total. The van der Waals surface area contributed by atoms with Crippen molar-refractivity contribution in [2.75, 3.05) is 29.9 Å². The molecule has 0 aliphatic rings. The summed E-state index contributed by atoms with van der Waals surface area (Å²) in [6.07, 6.45) is -2.91. The Balaban J connectivity index is 2.46. The second-order valence-electron chi connectivity index (χ2n) is 4.13. The first-order chi connectivity index (χ1) is 9.44. The summed E-state index contributed by atoms with van der Waals surface area (Å²) in [5.74, 6) is 0.464. The minimum Gasteiger partial charge on any atom is -0.354 e. The van der Waals surface area contributed by atoms with Crippen molar-refractivity contribution in [1.29, 1.82) is 0 Å². The van der Waals surface area contributed by atoms with Crippen molar-refractivity contribution in [2.45, 2.75) is 20.0 Å². The van der Waals surface area contributed by atoms with Gasteiger partial charge in [0.05, 0.1) is 6.33 Å². The summed E-state index contributed by atoms with van der Waals surface area (Å²) < 4.78 is 37.9. The van der Waals surface area contributed by atoms with Gasteiger partial charge in [0.1, 0.15) is 12.1 Å². The molecule has 2 rings (SSSR count). The van der Waals surface area contributed by atoms with Crippen molar-refractivity contribution in [3.05, 3.63) is 6.33 Å². The van der Waals surface area contributed by atoms with Crippen molar-refractivity contribution in [3.8, 4) is 0 Å². The number of imidazole rings is 1. The maximum atomic E-state index is 12.6. The first kappa shape index (κ1) is 14.4. The molecule has 0 atom stereocenters. The number of aromatic nitrogens is 4. The van der Waals surface area contributed by atoms with E-state index in [0.29, 0.717) is 17.7 Å². The SMILES string of the molecule is CCNc1nc(N(CC)CC(F)(F)F)c2[nH]cnc2n1. The Morgan fingerprint density at radius 2 is 2.05 bits per heavy atom. The van der Waals surface area contributed by atoms with E-state index in [0.717, 1.165) is 4.90 Å². The number of aromatic amines is 1. The van der Waals surface area contributed by atoms with E-state index < -0.39 is 12.7 Å². The predicted molar refractivity (Wildman–Crippen MR) is 69.8 cm³/mol. The van der Waals surface area contributed by atoms with Gasteiger partial charge in [0.15, 0.2) is 11.5 Å². The maximum absolute atomic E-state index is 12.6. The number of fused-ring (bicyclic) bond motifs is 1. The molecular formula is C11H15F3N6. The zero-order chi connectivity index (χ0) is 14.8. The lowest BCUT2D eigenvalue weighted by atomic mass is 10.4. The zero-order valence-electron chi connectivity index (χ0n) is 11.1. The summed E-state index contributed by atoms with van der Waals surface area (Å²) >= 11 is 0. The molecule has 110 valence electrons. The van der Waals surface area contributed by atoms with E-state index in [1.54, 1.807) is 6.92 Å². The van der Waals surface area contributed by atoms with Gasteiger partial charge in [-0.25, -0.2) is 4.98 Å². The highest BCUT2D eigenvalue weighted by molar-refractivity contribution is 5.84. The highest BCUT2D eigenvalue weighted by Crippen LogP contribution is 2.26. The third-order valence-electron chi connectivity index (χ3n) is 2.65. The largest absolute Gasteiger partial charge is 0.405 e. The number of nitrogens with one attached hydrogen (secondary N) is 2. The molecule has 0 aromatic carbocycles. The number of H-pyrrole nitrogens is 1. The van der Waals surface area contributed by atoms with Crippen LogP contribution < -0.4 is 10.2 Å². The predicted octanol–water partition coefficient (Wildman–Crippen LogP) is 2.17. The molecule has 0 amide bonds. The van der Waals surface area contributed by atoms with Crippen LogP contribution >= 0.6 is 0 Å². The summed E-state index contributed by atoms with van der Waals surface area (Å²) in [6, 6.07) is 0. The molecule has 0 saturated carbocycles. The number of alkyl halides is 3. The van der Waals surface area contributed by atoms with Gasteiger partial charge >= 0.3 is 6.18 Å². The number of hydrogen-bond acceptors (Lipinski definition) is 5. The molecule has 2 aromatic rings. The molecule has 2 heterocycles. The Bertz CT molecular complexity index is 579. The zero-order valence-corrected chi connectivity index (χ0v) is 11.1. The van der Waals surface area contributed by atoms with E-state index in [2.05, 4.69) is 25.3 Å². The Kier molecular flexibility index (Phi) is 3.96. The van der Waals surface area contributed by atoms with Gasteiger partial charge in [-0.2, -0.15) is 23.1 Å². The lowest BCUT2D eigenvalue weighted by Gasteiger charge is -2.23. The molecule has 0 fully saturated rings. The van der Waals surface area contributed by atoms with Crippen molar-refractivity contribution in [1.82, 2.24) is 19.9 Å². The monoisotopic (exact) mass is 288 g/mol. The molecule has 2 aromatic heterocycles. The van der Waals surface area contributed by atoms with Gasteiger partial charge in [-0.1, -0.05) is 0 Å². The first-order valence-corrected chi connectivity index (χ1v) is 6.21. The van der Waals surface area contributed by atoms with Gasteiger partial charge < -0.3 is 15.2 Å². The summed E-state index contributed by atoms with van der Waals surface area (Å²) in [7, 11) is 0. The van der Waals surface area contributed by atoms with Crippen LogP contribution in [-0.4, -0.2) is 45.7 Å². The van der Waals surface area contributed by atoms with Gasteiger partial charge in [0, 0.05) is 13.1 Å². The highest BCUT2D eigenvalue weighted by atomic mass is 19.4. The number of nitrogens with zero attached hydrogens (tertiary/aromatic N) is 4. The molecular weight excluding hydrogens is 273 g/mol. The van der Waals surface area contributed by atoms with Crippen molar-refractivity contribution in [2.24, 2.45) is 0 Å². The van der Waals surface area contributed by atoms with Gasteiger partial charge in [-0.15, -0.1) is 0 Å². The van der Waals surface area contributed by atoms with Crippen LogP contribution in [0.4, 0.5) is 24.9 Å². The average molecular weight is 288 g/mol. The van der Waals surface area contributed by atoms with E-state index in [-0.39, 0.29) is 18.3 Å². The standard InChI is InChI=1S/C11H15F3N6/c1-3-15-10-18-8-7(16-6-17-8)9(19-10)20(4-2)5-11(12,13)14/h6H,3-5H2,1-2H3,(H2,15,16,17,18,19). The summed E-state index contributed by atoms with van der Waals surface area (Å²) in [5, 5.41) is 2.89. The molecule has 0 aliphatic carbocycles. The molecule has 0 unspecified atom stereocenters. The maximum Gasteiger partial charge on any atom is 0.405 e. The quantitative estimate of drug-likeness (QED) is 0.882. The van der Waals surface area contributed by atoms with E-state index in [1.165, 1.54) is 6.33 Å². The van der Waals surface area contributed by atoms with Crippen molar-refractivity contribution < 1.29 is 13.2 Å². The van der Waals surface area contributed by atoms with Gasteiger partial charge in [-0.3, -0.25) is 0 Å². The van der Waals surface area contributed by atoms with Crippen LogP contribution in [0.1, 0.15) is 13.8 Å². The van der Waals surface area contributed by atoms with E-state index in [4.69, 9.17) is 0 Å². The molecule has 0 radical (unpaired) electrons. The lowest BCUT2D eigenvalue weighted by Crippen LogP contribution is -2.35. The van der Waals surface area contributed by atoms with E-state index in [1.807, 2.05) is 6.92 Å². The second-order valence-corrected chi connectivity index (χ2v) is 4.13. The van der Waals surface area contributed by atoms with Gasteiger partial charge in [-0.05, 0) is 13.8 Å². The minimum atomic E-state index is -4.30. The van der Waals surface area contributed by atoms with Crippen LogP contribution in [0.25, 0.3) is 11.2 Å². The molecule has 0 aliphatic heterocycles. The van der Waals surface area contributed by atoms with Crippen LogP contribution in [0.2, 0.25) is 0 Å². The highest BCUT2D eigenvalue weighted by Gasteiger charge is 2.32. The molecule has 9 heteroatoms. The van der Waals surface area contributed by atoms with Crippen molar-refractivity contribution >= 4 is 22.9 Å². The Hall–Kier alpha value is -2.06. The second kappa shape index (κ2) is 5.51. The van der Waals surface area contributed by atoms with Crippen LogP contribution in [0.5, 0.6) is 0 Å². The molecule has 0 spiro atoms. The average Bonchev–Trinajstić information content (AvgIpc) is 2.82. The number of hydrogen-bond donors (Lipinski definition) is 2. The molecule has 0 saturated heterocycles. The van der Waals surface area contributed by atoms with Gasteiger partial charge in [0.2, 0.25) is 5.95 Å². The summed E-state index contributed by atoms with van der Waals surface area (Å²) in [4.78, 5) is 16.2. The lowest BCUT2D eigenvalue weighted by molar-refractivity contribution is -0.119. The topological polar surface area (TPSA) is 69.7 Å². The molecule has 2 N–H and O–H groups in total. The first-order valence-electron chi connectivity index (χ1n) is 6.21. The van der Waals surface area contributed by atoms with Crippen LogP contribution in [0.3, 0.4) is 0 Å². The third-order valence-corrected chi connectivity index (χ3v) is 2.65. The number of anilines is 2. The minimum absolute atomic E-state index is 0.177. The smallest absolute Gasteiger partial charge is 0.354 e.